The van der Waals surface area contributed by atoms with Crippen LogP contribution in [0.4, 0.5) is 5.69 Å². The number of nitrogens with zero attached hydrogens (tertiary/aromatic N) is 3. The largest absolute Gasteiger partial charge is 0.372 e. The van der Waals surface area contributed by atoms with Crippen molar-refractivity contribution >= 4 is 17.3 Å². The second-order valence-electron chi connectivity index (χ2n) is 5.13. The first-order chi connectivity index (χ1) is 11.2. The fourth-order valence-corrected chi connectivity index (χ4v) is 2.47. The quantitative estimate of drug-likeness (QED) is 0.605. The van der Waals surface area contributed by atoms with E-state index in [0.29, 0.717) is 11.1 Å². The molecule has 0 amide bonds. The van der Waals surface area contributed by atoms with Gasteiger partial charge in [0.1, 0.15) is 0 Å². The first kappa shape index (κ1) is 16.3. The molecular weight excluding hydrogens is 282 g/mol. The van der Waals surface area contributed by atoms with Crippen LogP contribution in [0, 0.1) is 22.7 Å². The van der Waals surface area contributed by atoms with Crippen LogP contribution in [0.2, 0.25) is 0 Å². The molecule has 0 radical (unpaired) electrons. The lowest BCUT2D eigenvalue weighted by atomic mass is 10.0. The molecule has 0 aliphatic rings. The highest BCUT2D eigenvalue weighted by atomic mass is 15.1. The molecule has 0 aliphatic carbocycles. The molecule has 2 aromatic carbocycles. The van der Waals surface area contributed by atoms with Crippen LogP contribution in [0.15, 0.2) is 48.5 Å². The number of rotatable bonds is 5. The predicted octanol–water partition coefficient (Wildman–Crippen LogP) is 4.47. The van der Waals surface area contributed by atoms with Crippen LogP contribution < -0.4 is 4.90 Å². The average Bonchev–Trinajstić information content (AvgIpc) is 2.62. The summed E-state index contributed by atoms with van der Waals surface area (Å²) in [6.45, 7) is 6.20. The molecule has 0 aromatic heterocycles. The van der Waals surface area contributed by atoms with Gasteiger partial charge in [0.15, 0.2) is 0 Å². The molecule has 0 spiro atoms. The summed E-state index contributed by atoms with van der Waals surface area (Å²) in [7, 11) is 0. The minimum absolute atomic E-state index is 0.553. The zero-order valence-corrected chi connectivity index (χ0v) is 13.5. The van der Waals surface area contributed by atoms with Gasteiger partial charge >= 0.3 is 0 Å². The monoisotopic (exact) mass is 301 g/mol. The van der Waals surface area contributed by atoms with Crippen LogP contribution in [0.5, 0.6) is 0 Å². The third-order valence-electron chi connectivity index (χ3n) is 3.76. The maximum absolute atomic E-state index is 9.41. The number of hydrogen-bond acceptors (Lipinski definition) is 3. The highest BCUT2D eigenvalue weighted by Crippen LogP contribution is 2.21. The second-order valence-corrected chi connectivity index (χ2v) is 5.13. The summed E-state index contributed by atoms with van der Waals surface area (Å²) in [5.74, 6) is 0. The molecule has 0 heterocycles. The summed E-state index contributed by atoms with van der Waals surface area (Å²) in [4.78, 5) is 2.27. The van der Waals surface area contributed by atoms with Gasteiger partial charge in [-0.15, -0.1) is 0 Å². The molecule has 0 atom stereocenters. The van der Waals surface area contributed by atoms with E-state index in [2.05, 4.69) is 43.0 Å². The van der Waals surface area contributed by atoms with Crippen LogP contribution in [0.25, 0.3) is 11.6 Å². The normalized spacial score (nSPS) is 10.7. The van der Waals surface area contributed by atoms with Crippen molar-refractivity contribution in [3.63, 3.8) is 0 Å². The van der Waals surface area contributed by atoms with E-state index in [0.717, 1.165) is 24.2 Å². The van der Waals surface area contributed by atoms with Crippen molar-refractivity contribution in [2.24, 2.45) is 0 Å². The standard InChI is InChI=1S/C20H19N3/c1-3-23(4-2)20-10-8-16(9-11-20)12-19(15-22)18-7-5-6-17(13-18)14-21/h5-13H,3-4H2,1-2H3/b19-12-. The van der Waals surface area contributed by atoms with Crippen LogP contribution in [-0.4, -0.2) is 13.1 Å². The molecule has 2 rings (SSSR count). The van der Waals surface area contributed by atoms with Gasteiger partial charge in [0, 0.05) is 18.8 Å². The van der Waals surface area contributed by atoms with E-state index in [4.69, 9.17) is 5.26 Å². The van der Waals surface area contributed by atoms with E-state index >= 15 is 0 Å². The van der Waals surface area contributed by atoms with Crippen molar-refractivity contribution in [2.45, 2.75) is 13.8 Å². The van der Waals surface area contributed by atoms with Crippen molar-refractivity contribution in [2.75, 3.05) is 18.0 Å². The summed E-state index contributed by atoms with van der Waals surface area (Å²) in [6.07, 6.45) is 1.85. The highest BCUT2D eigenvalue weighted by Gasteiger charge is 2.04. The predicted molar refractivity (Wildman–Crippen MR) is 94.6 cm³/mol. The molecule has 0 saturated carbocycles. The highest BCUT2D eigenvalue weighted by molar-refractivity contribution is 5.90. The maximum atomic E-state index is 9.41. The molecule has 114 valence electrons. The summed E-state index contributed by atoms with van der Waals surface area (Å²) >= 11 is 0. The maximum Gasteiger partial charge on any atom is 0.0998 e. The Labute approximate surface area is 137 Å². The van der Waals surface area contributed by atoms with Crippen molar-refractivity contribution in [3.8, 4) is 12.1 Å². The molecule has 0 unspecified atom stereocenters. The van der Waals surface area contributed by atoms with Gasteiger partial charge in [-0.05, 0) is 55.3 Å². The molecule has 0 saturated heterocycles. The fraction of sp³-hybridized carbons (Fsp3) is 0.200. The van der Waals surface area contributed by atoms with Gasteiger partial charge in [-0.2, -0.15) is 10.5 Å². The van der Waals surface area contributed by atoms with E-state index in [1.165, 1.54) is 5.69 Å². The summed E-state index contributed by atoms with van der Waals surface area (Å²) < 4.78 is 0. The summed E-state index contributed by atoms with van der Waals surface area (Å²) in [6, 6.07) is 19.6. The number of anilines is 1. The zero-order chi connectivity index (χ0) is 16.7. The molecule has 3 nitrogen and oxygen atoms in total. The van der Waals surface area contributed by atoms with Gasteiger partial charge in [0.2, 0.25) is 0 Å². The molecule has 0 N–H and O–H groups in total. The van der Waals surface area contributed by atoms with Gasteiger partial charge in [-0.25, -0.2) is 0 Å². The molecule has 2 aromatic rings. The summed E-state index contributed by atoms with van der Waals surface area (Å²) in [5, 5.41) is 18.4. The Balaban J connectivity index is 2.31. The average molecular weight is 301 g/mol. The fourth-order valence-electron chi connectivity index (χ4n) is 2.47. The third-order valence-corrected chi connectivity index (χ3v) is 3.76. The first-order valence-corrected chi connectivity index (χ1v) is 7.69. The zero-order valence-electron chi connectivity index (χ0n) is 13.5. The van der Waals surface area contributed by atoms with Crippen LogP contribution in [0.1, 0.15) is 30.5 Å². The van der Waals surface area contributed by atoms with Gasteiger partial charge < -0.3 is 4.90 Å². The minimum atomic E-state index is 0.553. The number of benzene rings is 2. The van der Waals surface area contributed by atoms with Crippen molar-refractivity contribution in [1.82, 2.24) is 0 Å². The van der Waals surface area contributed by atoms with Gasteiger partial charge in [-0.3, -0.25) is 0 Å². The Kier molecular flexibility index (Phi) is 5.56. The Hall–Kier alpha value is -3.04. The van der Waals surface area contributed by atoms with E-state index in [1.807, 2.05) is 24.3 Å². The lowest BCUT2D eigenvalue weighted by Crippen LogP contribution is -2.21. The van der Waals surface area contributed by atoms with Gasteiger partial charge in [0.05, 0.1) is 23.3 Å². The SMILES string of the molecule is CCN(CC)c1ccc(/C=C(/C#N)c2cccc(C#N)c2)cc1. The molecule has 23 heavy (non-hydrogen) atoms. The summed E-state index contributed by atoms with van der Waals surface area (Å²) in [5.41, 5.74) is 4.02. The van der Waals surface area contributed by atoms with Gasteiger partial charge in [0.25, 0.3) is 0 Å². The van der Waals surface area contributed by atoms with Crippen LogP contribution in [0.3, 0.4) is 0 Å². The molecular formula is C20H19N3. The Bertz CT molecular complexity index is 770. The molecule has 0 fully saturated rings. The van der Waals surface area contributed by atoms with E-state index in [-0.39, 0.29) is 0 Å². The Morgan fingerprint density at radius 2 is 1.74 bits per heavy atom. The number of nitriles is 2. The van der Waals surface area contributed by atoms with Crippen molar-refractivity contribution in [3.05, 3.63) is 65.2 Å². The minimum Gasteiger partial charge on any atom is -0.372 e. The molecule has 0 bridgehead atoms. The topological polar surface area (TPSA) is 50.8 Å². The third kappa shape index (κ3) is 3.99. The smallest absolute Gasteiger partial charge is 0.0998 e. The second kappa shape index (κ2) is 7.82. The van der Waals surface area contributed by atoms with Crippen LogP contribution in [-0.2, 0) is 0 Å². The van der Waals surface area contributed by atoms with Crippen molar-refractivity contribution < 1.29 is 0 Å². The van der Waals surface area contributed by atoms with E-state index < -0.39 is 0 Å². The van der Waals surface area contributed by atoms with E-state index in [9.17, 15) is 5.26 Å². The van der Waals surface area contributed by atoms with E-state index in [1.54, 1.807) is 18.2 Å². The van der Waals surface area contributed by atoms with Crippen molar-refractivity contribution in [1.29, 1.82) is 10.5 Å². The Morgan fingerprint density at radius 1 is 1.04 bits per heavy atom. The molecule has 0 aliphatic heterocycles. The first-order valence-electron chi connectivity index (χ1n) is 7.69. The number of allylic oxidation sites excluding steroid dienone is 1. The Morgan fingerprint density at radius 3 is 2.30 bits per heavy atom. The van der Waals surface area contributed by atoms with Crippen LogP contribution >= 0.6 is 0 Å². The molecule has 3 heteroatoms. The lowest BCUT2D eigenvalue weighted by molar-refractivity contribution is 0.866. The number of hydrogen-bond donors (Lipinski definition) is 0. The van der Waals surface area contributed by atoms with Gasteiger partial charge in [-0.1, -0.05) is 24.3 Å². The lowest BCUT2D eigenvalue weighted by Gasteiger charge is -2.20.